The molecule has 0 fully saturated rings. The van der Waals surface area contributed by atoms with Crippen LogP contribution in [0.4, 0.5) is 0 Å². The Morgan fingerprint density at radius 1 is 1.14 bits per heavy atom. The van der Waals surface area contributed by atoms with Gasteiger partial charge >= 0.3 is 0 Å². The summed E-state index contributed by atoms with van der Waals surface area (Å²) in [5, 5.41) is 0. The van der Waals surface area contributed by atoms with E-state index in [1.165, 1.54) is 0 Å². The predicted molar refractivity (Wildman–Crippen MR) is 81.4 cm³/mol. The topological polar surface area (TPSA) is 76.5 Å². The maximum Gasteiger partial charge on any atom is 0.289 e. The van der Waals surface area contributed by atoms with E-state index in [-0.39, 0.29) is 24.6 Å². The molecule has 0 saturated carbocycles. The number of carbonyl (C=O) groups excluding carboxylic acids is 2. The number of benzene rings is 1. The van der Waals surface area contributed by atoms with E-state index in [9.17, 15) is 9.59 Å². The molecule has 110 valence electrons. The van der Waals surface area contributed by atoms with Crippen LogP contribution in [0.5, 0.6) is 0 Å². The fourth-order valence-corrected chi connectivity index (χ4v) is 2.19. The molecule has 2 rings (SSSR count). The lowest BCUT2D eigenvalue weighted by Gasteiger charge is -2.21. The molecule has 0 aliphatic carbocycles. The zero-order valence-electron chi connectivity index (χ0n) is 11.3. The Labute approximate surface area is 130 Å². The highest BCUT2D eigenvalue weighted by Gasteiger charge is 2.19. The first-order chi connectivity index (χ1) is 10.1. The quantitative estimate of drug-likeness (QED) is 0.869. The molecule has 1 aromatic heterocycles. The Kier molecular flexibility index (Phi) is 5.16. The molecule has 2 aromatic rings. The summed E-state index contributed by atoms with van der Waals surface area (Å²) in [6, 6.07) is 12.8. The Hall–Kier alpha value is -2.08. The van der Waals surface area contributed by atoms with Crippen LogP contribution in [0.1, 0.15) is 22.5 Å². The van der Waals surface area contributed by atoms with E-state index in [4.69, 9.17) is 10.2 Å². The lowest BCUT2D eigenvalue weighted by molar-refractivity contribution is -0.118. The second-order valence-corrected chi connectivity index (χ2v) is 5.31. The van der Waals surface area contributed by atoms with Crippen molar-refractivity contribution in [3.63, 3.8) is 0 Å². The van der Waals surface area contributed by atoms with Gasteiger partial charge in [-0.05, 0) is 33.6 Å². The number of nitrogens with two attached hydrogens (primary N) is 1. The minimum atomic E-state index is -0.443. The number of halogens is 1. The number of furan rings is 1. The molecule has 0 spiro atoms. The van der Waals surface area contributed by atoms with Gasteiger partial charge in [-0.2, -0.15) is 0 Å². The summed E-state index contributed by atoms with van der Waals surface area (Å²) >= 11 is 3.17. The number of primary amides is 1. The fraction of sp³-hybridized carbons (Fsp3) is 0.200. The second-order valence-electron chi connectivity index (χ2n) is 4.53. The summed E-state index contributed by atoms with van der Waals surface area (Å²) in [6.07, 6.45) is 0.112. The van der Waals surface area contributed by atoms with Crippen molar-refractivity contribution in [2.45, 2.75) is 13.0 Å². The summed E-state index contributed by atoms with van der Waals surface area (Å²) in [7, 11) is 0. The smallest absolute Gasteiger partial charge is 0.289 e. The van der Waals surface area contributed by atoms with Gasteiger partial charge in [-0.3, -0.25) is 9.59 Å². The van der Waals surface area contributed by atoms with Crippen molar-refractivity contribution in [2.24, 2.45) is 5.73 Å². The minimum Gasteiger partial charge on any atom is -0.444 e. The van der Waals surface area contributed by atoms with Gasteiger partial charge in [0.2, 0.25) is 5.91 Å². The Morgan fingerprint density at radius 3 is 2.43 bits per heavy atom. The van der Waals surface area contributed by atoms with Crippen molar-refractivity contribution in [2.75, 3.05) is 6.54 Å². The number of nitrogens with zero attached hydrogens (tertiary/aromatic N) is 1. The van der Waals surface area contributed by atoms with Crippen LogP contribution in [0.2, 0.25) is 0 Å². The van der Waals surface area contributed by atoms with Crippen molar-refractivity contribution in [1.82, 2.24) is 4.90 Å². The van der Waals surface area contributed by atoms with Crippen LogP contribution in [0.3, 0.4) is 0 Å². The first-order valence-corrected chi connectivity index (χ1v) is 7.22. The number of hydrogen-bond donors (Lipinski definition) is 1. The molecule has 2 N–H and O–H groups in total. The Morgan fingerprint density at radius 2 is 1.86 bits per heavy atom. The van der Waals surface area contributed by atoms with Crippen LogP contribution >= 0.6 is 15.9 Å². The monoisotopic (exact) mass is 350 g/mol. The van der Waals surface area contributed by atoms with Gasteiger partial charge in [0.1, 0.15) is 0 Å². The van der Waals surface area contributed by atoms with Crippen LogP contribution in [0.25, 0.3) is 0 Å². The van der Waals surface area contributed by atoms with Crippen molar-refractivity contribution in [1.29, 1.82) is 0 Å². The number of hydrogen-bond acceptors (Lipinski definition) is 3. The largest absolute Gasteiger partial charge is 0.444 e. The van der Waals surface area contributed by atoms with Gasteiger partial charge in [0, 0.05) is 19.5 Å². The molecular formula is C15H15BrN2O3. The van der Waals surface area contributed by atoms with Crippen LogP contribution in [-0.4, -0.2) is 23.3 Å². The molecule has 1 aromatic carbocycles. The molecule has 0 bridgehead atoms. The SMILES string of the molecule is NC(=O)CCN(Cc1ccccc1)C(=O)c1ccc(Br)o1. The molecule has 2 amide bonds. The highest BCUT2D eigenvalue weighted by atomic mass is 79.9. The van der Waals surface area contributed by atoms with E-state index in [1.807, 2.05) is 30.3 Å². The van der Waals surface area contributed by atoms with Crippen LogP contribution in [0.15, 0.2) is 51.6 Å². The third kappa shape index (κ3) is 4.46. The average Bonchev–Trinajstić information content (AvgIpc) is 2.90. The zero-order chi connectivity index (χ0) is 15.2. The van der Waals surface area contributed by atoms with Gasteiger partial charge in [0.25, 0.3) is 5.91 Å². The molecule has 0 aliphatic rings. The second kappa shape index (κ2) is 7.08. The molecule has 0 saturated heterocycles. The van der Waals surface area contributed by atoms with Crippen molar-refractivity contribution in [3.8, 4) is 0 Å². The maximum absolute atomic E-state index is 12.4. The van der Waals surface area contributed by atoms with E-state index >= 15 is 0 Å². The first kappa shape index (κ1) is 15.3. The van der Waals surface area contributed by atoms with E-state index in [2.05, 4.69) is 15.9 Å². The van der Waals surface area contributed by atoms with Gasteiger partial charge in [-0.1, -0.05) is 30.3 Å². The Balaban J connectivity index is 2.14. The van der Waals surface area contributed by atoms with Gasteiger partial charge in [-0.25, -0.2) is 0 Å². The third-order valence-electron chi connectivity index (χ3n) is 2.92. The lowest BCUT2D eigenvalue weighted by Crippen LogP contribution is -2.33. The highest BCUT2D eigenvalue weighted by molar-refractivity contribution is 9.10. The van der Waals surface area contributed by atoms with Gasteiger partial charge in [0.05, 0.1) is 0 Å². The van der Waals surface area contributed by atoms with Gasteiger partial charge < -0.3 is 15.1 Å². The molecule has 6 heteroatoms. The summed E-state index contributed by atoms with van der Waals surface area (Å²) in [6.45, 7) is 0.645. The fourth-order valence-electron chi connectivity index (χ4n) is 1.89. The first-order valence-electron chi connectivity index (χ1n) is 6.43. The van der Waals surface area contributed by atoms with Gasteiger partial charge in [-0.15, -0.1) is 0 Å². The number of carbonyl (C=O) groups is 2. The van der Waals surface area contributed by atoms with E-state index in [0.717, 1.165) is 5.56 Å². The summed E-state index contributed by atoms with van der Waals surface area (Å²) in [5.74, 6) is -0.491. The number of amides is 2. The van der Waals surface area contributed by atoms with Crippen LogP contribution in [-0.2, 0) is 11.3 Å². The molecule has 0 radical (unpaired) electrons. The molecule has 5 nitrogen and oxygen atoms in total. The lowest BCUT2D eigenvalue weighted by atomic mass is 10.2. The predicted octanol–water partition coefficient (Wildman–Crippen LogP) is 2.56. The zero-order valence-corrected chi connectivity index (χ0v) is 12.9. The van der Waals surface area contributed by atoms with E-state index in [1.54, 1.807) is 17.0 Å². The van der Waals surface area contributed by atoms with Crippen molar-refractivity contribution < 1.29 is 14.0 Å². The van der Waals surface area contributed by atoms with Crippen molar-refractivity contribution >= 4 is 27.7 Å². The van der Waals surface area contributed by atoms with Crippen LogP contribution < -0.4 is 5.73 Å². The molecule has 0 atom stereocenters. The maximum atomic E-state index is 12.4. The average molecular weight is 351 g/mol. The third-order valence-corrected chi connectivity index (χ3v) is 3.34. The summed E-state index contributed by atoms with van der Waals surface area (Å²) in [4.78, 5) is 25.0. The summed E-state index contributed by atoms with van der Waals surface area (Å²) in [5.41, 5.74) is 6.14. The Bertz CT molecular complexity index is 625. The molecule has 0 aliphatic heterocycles. The summed E-state index contributed by atoms with van der Waals surface area (Å²) < 4.78 is 5.77. The molecular weight excluding hydrogens is 336 g/mol. The van der Waals surface area contributed by atoms with E-state index < -0.39 is 5.91 Å². The highest BCUT2D eigenvalue weighted by Crippen LogP contribution is 2.17. The standard InChI is InChI=1S/C15H15BrN2O3/c16-13-7-6-12(21-13)15(20)18(9-8-14(17)19)10-11-4-2-1-3-5-11/h1-7H,8-10H2,(H2,17,19). The number of rotatable bonds is 6. The van der Waals surface area contributed by atoms with Gasteiger partial charge in [0.15, 0.2) is 10.4 Å². The van der Waals surface area contributed by atoms with Crippen molar-refractivity contribution in [3.05, 3.63) is 58.5 Å². The van der Waals surface area contributed by atoms with E-state index in [0.29, 0.717) is 11.2 Å². The molecule has 0 unspecified atom stereocenters. The normalized spacial score (nSPS) is 10.3. The van der Waals surface area contributed by atoms with Crippen LogP contribution in [0, 0.1) is 0 Å². The molecule has 21 heavy (non-hydrogen) atoms. The minimum absolute atomic E-state index is 0.112. The molecule has 1 heterocycles.